The maximum absolute atomic E-state index is 12.1. The van der Waals surface area contributed by atoms with Gasteiger partial charge >= 0.3 is 0 Å². The highest BCUT2D eigenvalue weighted by Gasteiger charge is 2.16. The van der Waals surface area contributed by atoms with E-state index >= 15 is 0 Å². The van der Waals surface area contributed by atoms with Crippen molar-refractivity contribution in [1.29, 1.82) is 0 Å². The van der Waals surface area contributed by atoms with E-state index in [4.69, 9.17) is 22.1 Å². The lowest BCUT2D eigenvalue weighted by Crippen LogP contribution is -2.39. The van der Waals surface area contributed by atoms with Gasteiger partial charge in [0.1, 0.15) is 17.9 Å². The summed E-state index contributed by atoms with van der Waals surface area (Å²) in [5.41, 5.74) is 7.89. The average molecular weight is 369 g/mol. The number of nitrogens with two attached hydrogens (primary N) is 1. The second-order valence-electron chi connectivity index (χ2n) is 5.49. The van der Waals surface area contributed by atoms with Gasteiger partial charge < -0.3 is 15.8 Å². The van der Waals surface area contributed by atoms with Crippen molar-refractivity contribution in [3.63, 3.8) is 0 Å². The molecular weight excluding hydrogens is 347 g/mol. The SMILES string of the molecule is Cc1ccc(C(N)C(=O)NCC(C)Oc2ccccc2Cl)cc1.Cl. The molecule has 2 rings (SSSR count). The molecule has 0 aromatic heterocycles. The Morgan fingerprint density at radius 2 is 1.83 bits per heavy atom. The number of ether oxygens (including phenoxy) is 1. The van der Waals surface area contributed by atoms with Gasteiger partial charge in [0.15, 0.2) is 0 Å². The molecular formula is C18H22Cl2N2O2. The van der Waals surface area contributed by atoms with Crippen LogP contribution in [0, 0.1) is 6.92 Å². The number of para-hydroxylation sites is 1. The third-order valence-corrected chi connectivity index (χ3v) is 3.76. The zero-order valence-electron chi connectivity index (χ0n) is 13.7. The molecule has 2 aromatic rings. The zero-order valence-corrected chi connectivity index (χ0v) is 15.2. The van der Waals surface area contributed by atoms with Crippen molar-refractivity contribution in [3.8, 4) is 5.75 Å². The van der Waals surface area contributed by atoms with Gasteiger partial charge in [0.2, 0.25) is 5.91 Å². The Morgan fingerprint density at radius 3 is 2.46 bits per heavy atom. The summed E-state index contributed by atoms with van der Waals surface area (Å²) < 4.78 is 5.71. The van der Waals surface area contributed by atoms with E-state index in [1.165, 1.54) is 0 Å². The number of carbonyl (C=O) groups excluding carboxylic acids is 1. The predicted octanol–water partition coefficient (Wildman–Crippen LogP) is 3.65. The minimum Gasteiger partial charge on any atom is -0.487 e. The number of hydrogen-bond acceptors (Lipinski definition) is 3. The fraction of sp³-hybridized carbons (Fsp3) is 0.278. The van der Waals surface area contributed by atoms with Crippen molar-refractivity contribution in [1.82, 2.24) is 5.32 Å². The maximum atomic E-state index is 12.1. The molecule has 0 aliphatic rings. The van der Waals surface area contributed by atoms with Crippen LogP contribution in [0.4, 0.5) is 0 Å². The summed E-state index contributed by atoms with van der Waals surface area (Å²) in [5, 5.41) is 3.35. The Hall–Kier alpha value is -1.75. The van der Waals surface area contributed by atoms with Crippen LogP contribution in [0.2, 0.25) is 5.02 Å². The van der Waals surface area contributed by atoms with Crippen molar-refractivity contribution in [2.24, 2.45) is 5.73 Å². The molecule has 0 spiro atoms. The molecule has 4 nitrogen and oxygen atoms in total. The lowest BCUT2D eigenvalue weighted by Gasteiger charge is -2.18. The lowest BCUT2D eigenvalue weighted by molar-refractivity contribution is -0.122. The second kappa shape index (κ2) is 9.52. The van der Waals surface area contributed by atoms with Gasteiger partial charge in [-0.15, -0.1) is 12.4 Å². The van der Waals surface area contributed by atoms with Crippen molar-refractivity contribution < 1.29 is 9.53 Å². The fourth-order valence-electron chi connectivity index (χ4n) is 2.08. The van der Waals surface area contributed by atoms with E-state index in [1.807, 2.05) is 50.2 Å². The number of carbonyl (C=O) groups is 1. The van der Waals surface area contributed by atoms with Crippen LogP contribution in [0.15, 0.2) is 48.5 Å². The molecule has 130 valence electrons. The van der Waals surface area contributed by atoms with Gasteiger partial charge in [-0.2, -0.15) is 0 Å². The van der Waals surface area contributed by atoms with Gasteiger partial charge in [-0.1, -0.05) is 53.6 Å². The molecule has 6 heteroatoms. The predicted molar refractivity (Wildman–Crippen MR) is 99.9 cm³/mol. The molecule has 0 bridgehead atoms. The molecule has 0 aliphatic heterocycles. The summed E-state index contributed by atoms with van der Waals surface area (Å²) in [5.74, 6) is 0.363. The Balaban J connectivity index is 0.00000288. The summed E-state index contributed by atoms with van der Waals surface area (Å²) in [7, 11) is 0. The largest absolute Gasteiger partial charge is 0.487 e. The molecule has 3 N–H and O–H groups in total. The van der Waals surface area contributed by atoms with E-state index in [0.717, 1.165) is 11.1 Å². The van der Waals surface area contributed by atoms with Crippen LogP contribution in [0.1, 0.15) is 24.1 Å². The molecule has 0 fully saturated rings. The number of amides is 1. The normalized spacial score (nSPS) is 12.7. The Bertz CT molecular complexity index is 662. The summed E-state index contributed by atoms with van der Waals surface area (Å²) in [6.45, 7) is 4.20. The Labute approximate surface area is 153 Å². The van der Waals surface area contributed by atoms with Crippen LogP contribution in [0.25, 0.3) is 0 Å². The highest BCUT2D eigenvalue weighted by Crippen LogP contribution is 2.24. The smallest absolute Gasteiger partial charge is 0.241 e. The number of benzene rings is 2. The number of hydrogen-bond donors (Lipinski definition) is 2. The summed E-state index contributed by atoms with van der Waals surface area (Å²) in [4.78, 5) is 12.1. The van der Waals surface area contributed by atoms with Crippen molar-refractivity contribution >= 4 is 29.9 Å². The van der Waals surface area contributed by atoms with Crippen LogP contribution in [0.3, 0.4) is 0 Å². The first-order valence-electron chi connectivity index (χ1n) is 7.48. The molecule has 0 saturated heterocycles. The number of halogens is 2. The van der Waals surface area contributed by atoms with E-state index in [-0.39, 0.29) is 24.4 Å². The fourth-order valence-corrected chi connectivity index (χ4v) is 2.26. The minimum atomic E-state index is -0.692. The first-order chi connectivity index (χ1) is 11.0. The van der Waals surface area contributed by atoms with Crippen LogP contribution < -0.4 is 15.8 Å². The third kappa shape index (κ3) is 5.71. The highest BCUT2D eigenvalue weighted by atomic mass is 35.5. The van der Waals surface area contributed by atoms with Crippen LogP contribution in [-0.2, 0) is 4.79 Å². The number of nitrogens with one attached hydrogen (secondary N) is 1. The Kier molecular flexibility index (Phi) is 8.05. The van der Waals surface area contributed by atoms with E-state index in [0.29, 0.717) is 17.3 Å². The van der Waals surface area contributed by atoms with Gasteiger partial charge in [-0.3, -0.25) is 4.79 Å². The molecule has 2 aromatic carbocycles. The molecule has 2 atom stereocenters. The summed E-state index contributed by atoms with van der Waals surface area (Å²) in [6, 6.07) is 14.1. The zero-order chi connectivity index (χ0) is 16.8. The minimum absolute atomic E-state index is 0. The van der Waals surface area contributed by atoms with Crippen LogP contribution in [-0.4, -0.2) is 18.6 Å². The van der Waals surface area contributed by atoms with Gasteiger partial charge in [0.05, 0.1) is 11.6 Å². The first-order valence-corrected chi connectivity index (χ1v) is 7.86. The highest BCUT2D eigenvalue weighted by molar-refractivity contribution is 6.32. The number of rotatable bonds is 6. The Morgan fingerprint density at radius 1 is 1.21 bits per heavy atom. The van der Waals surface area contributed by atoms with Crippen LogP contribution >= 0.6 is 24.0 Å². The molecule has 1 amide bonds. The third-order valence-electron chi connectivity index (χ3n) is 3.45. The van der Waals surface area contributed by atoms with Crippen molar-refractivity contribution in [2.45, 2.75) is 26.0 Å². The molecule has 0 heterocycles. The monoisotopic (exact) mass is 368 g/mol. The van der Waals surface area contributed by atoms with Crippen LogP contribution in [0.5, 0.6) is 5.75 Å². The van der Waals surface area contributed by atoms with E-state index in [1.54, 1.807) is 12.1 Å². The second-order valence-corrected chi connectivity index (χ2v) is 5.90. The average Bonchev–Trinajstić information content (AvgIpc) is 2.55. The van der Waals surface area contributed by atoms with Gasteiger partial charge in [-0.05, 0) is 31.5 Å². The first kappa shape index (κ1) is 20.3. The van der Waals surface area contributed by atoms with E-state index in [9.17, 15) is 4.79 Å². The van der Waals surface area contributed by atoms with Gasteiger partial charge in [0, 0.05) is 0 Å². The van der Waals surface area contributed by atoms with E-state index in [2.05, 4.69) is 5.32 Å². The molecule has 2 unspecified atom stereocenters. The molecule has 0 radical (unpaired) electrons. The van der Waals surface area contributed by atoms with Crippen molar-refractivity contribution in [2.75, 3.05) is 6.54 Å². The summed E-state index contributed by atoms with van der Waals surface area (Å²) >= 11 is 6.04. The lowest BCUT2D eigenvalue weighted by atomic mass is 10.1. The number of aryl methyl sites for hydroxylation is 1. The van der Waals surface area contributed by atoms with Crippen molar-refractivity contribution in [3.05, 3.63) is 64.7 Å². The topological polar surface area (TPSA) is 64.4 Å². The quantitative estimate of drug-likeness (QED) is 0.817. The maximum Gasteiger partial charge on any atom is 0.241 e. The van der Waals surface area contributed by atoms with Gasteiger partial charge in [0.25, 0.3) is 0 Å². The summed E-state index contributed by atoms with van der Waals surface area (Å²) in [6.07, 6.45) is -0.218. The van der Waals surface area contributed by atoms with Gasteiger partial charge in [-0.25, -0.2) is 0 Å². The molecule has 0 saturated carbocycles. The standard InChI is InChI=1S/C18H21ClN2O2.ClH/c1-12-7-9-14(10-8-12)17(20)18(22)21-11-13(2)23-16-6-4-3-5-15(16)19;/h3-10,13,17H,11,20H2,1-2H3,(H,21,22);1H. The molecule has 0 aliphatic carbocycles. The molecule has 24 heavy (non-hydrogen) atoms. The van der Waals surface area contributed by atoms with E-state index < -0.39 is 6.04 Å².